The van der Waals surface area contributed by atoms with Gasteiger partial charge in [-0.25, -0.2) is 0 Å². The second-order valence-corrected chi connectivity index (χ2v) is 8.00. The number of rotatable bonds is 22. The average Bonchev–Trinajstić information content (AvgIpc) is 2.71. The number of esters is 1. The highest BCUT2D eigenvalue weighted by Crippen LogP contribution is 2.14. The van der Waals surface area contributed by atoms with E-state index < -0.39 is 0 Å². The molecule has 0 amide bonds. The molecule has 0 heterocycles. The second kappa shape index (κ2) is 23.8. The molecular formula is C23H45N3O2. The number of ether oxygens (including phenoxy) is 1. The summed E-state index contributed by atoms with van der Waals surface area (Å²) in [4.78, 5) is 13.8. The van der Waals surface area contributed by atoms with Gasteiger partial charge in [-0.15, -0.1) is 0 Å². The van der Waals surface area contributed by atoms with E-state index in [-0.39, 0.29) is 5.97 Å². The quantitative estimate of drug-likeness (QED) is 0.0608. The summed E-state index contributed by atoms with van der Waals surface area (Å²) in [5.74, 6) is -0.0737. The first-order valence-corrected chi connectivity index (χ1v) is 11.9. The maximum Gasteiger partial charge on any atom is 0.305 e. The molecule has 0 rings (SSSR count). The highest BCUT2D eigenvalue weighted by molar-refractivity contribution is 5.68. The van der Waals surface area contributed by atoms with Gasteiger partial charge in [0.1, 0.15) is 0 Å². The fourth-order valence-corrected chi connectivity index (χ4v) is 3.60. The van der Waals surface area contributed by atoms with Crippen LogP contribution in [-0.4, -0.2) is 19.6 Å². The van der Waals surface area contributed by atoms with Gasteiger partial charge in [-0.3, -0.25) is 4.79 Å². The van der Waals surface area contributed by atoms with E-state index in [4.69, 9.17) is 5.53 Å². The molecule has 5 nitrogen and oxygen atoms in total. The summed E-state index contributed by atoms with van der Waals surface area (Å²) >= 11 is 0. The van der Waals surface area contributed by atoms with Crippen LogP contribution in [0.4, 0.5) is 0 Å². The Morgan fingerprint density at radius 2 is 0.964 bits per heavy atom. The Morgan fingerprint density at radius 3 is 1.29 bits per heavy atom. The zero-order chi connectivity index (χ0) is 20.5. The number of azide groups is 1. The van der Waals surface area contributed by atoms with Crippen LogP contribution < -0.4 is 0 Å². The molecule has 0 aromatic heterocycles. The molecule has 164 valence electrons. The summed E-state index contributed by atoms with van der Waals surface area (Å²) in [6, 6.07) is 0. The number of hydrogen-bond donors (Lipinski definition) is 0. The number of unbranched alkanes of at least 4 members (excludes halogenated alkanes) is 18. The third kappa shape index (κ3) is 22.8. The lowest BCUT2D eigenvalue weighted by atomic mass is 10.0. The molecule has 0 saturated carbocycles. The number of nitrogens with zero attached hydrogens (tertiary/aromatic N) is 3. The zero-order valence-corrected chi connectivity index (χ0v) is 18.5. The summed E-state index contributed by atoms with van der Waals surface area (Å²) in [5, 5.41) is 3.56. The Morgan fingerprint density at radius 1 is 0.643 bits per heavy atom. The average molecular weight is 396 g/mol. The predicted molar refractivity (Wildman–Crippen MR) is 118 cm³/mol. The van der Waals surface area contributed by atoms with Crippen LogP contribution in [0.1, 0.15) is 128 Å². The smallest absolute Gasteiger partial charge is 0.305 e. The Balaban J connectivity index is 3.03. The van der Waals surface area contributed by atoms with Gasteiger partial charge in [-0.05, 0) is 18.4 Å². The molecule has 0 aromatic carbocycles. The molecule has 0 aliphatic carbocycles. The van der Waals surface area contributed by atoms with Gasteiger partial charge >= 0.3 is 5.97 Å². The van der Waals surface area contributed by atoms with Gasteiger partial charge in [0.05, 0.1) is 7.11 Å². The van der Waals surface area contributed by atoms with Crippen LogP contribution in [0.2, 0.25) is 0 Å². The third-order valence-corrected chi connectivity index (χ3v) is 5.43. The molecule has 0 unspecified atom stereocenters. The van der Waals surface area contributed by atoms with Crippen molar-refractivity contribution in [3.8, 4) is 0 Å². The van der Waals surface area contributed by atoms with E-state index in [0.717, 1.165) is 19.3 Å². The first kappa shape index (κ1) is 26.8. The van der Waals surface area contributed by atoms with Crippen LogP contribution in [0.3, 0.4) is 0 Å². The van der Waals surface area contributed by atoms with Crippen molar-refractivity contribution in [1.29, 1.82) is 0 Å². The largest absolute Gasteiger partial charge is 0.469 e. The first-order valence-electron chi connectivity index (χ1n) is 11.9. The summed E-state index contributed by atoms with van der Waals surface area (Å²) in [6.45, 7) is 0.662. The number of hydrogen-bond acceptors (Lipinski definition) is 3. The molecule has 0 aromatic rings. The fourth-order valence-electron chi connectivity index (χ4n) is 3.60. The SMILES string of the molecule is COC(=O)CCCCCCCCCCCCCCCCCCCCCN=[N+]=[N-]. The molecule has 0 atom stereocenters. The Bertz CT molecular complexity index is 382. The number of carbonyl (C=O) groups excluding carboxylic acids is 1. The topological polar surface area (TPSA) is 75.1 Å². The molecule has 0 bridgehead atoms. The molecule has 0 spiro atoms. The van der Waals surface area contributed by atoms with Crippen LogP contribution in [0.25, 0.3) is 10.4 Å². The molecular weight excluding hydrogens is 350 g/mol. The van der Waals surface area contributed by atoms with E-state index in [0.29, 0.717) is 13.0 Å². The van der Waals surface area contributed by atoms with Crippen molar-refractivity contribution in [2.75, 3.05) is 13.7 Å². The van der Waals surface area contributed by atoms with Gasteiger partial charge in [0.25, 0.3) is 0 Å². The second-order valence-electron chi connectivity index (χ2n) is 8.00. The third-order valence-electron chi connectivity index (χ3n) is 5.43. The lowest BCUT2D eigenvalue weighted by molar-refractivity contribution is -0.140. The van der Waals surface area contributed by atoms with E-state index in [1.165, 1.54) is 110 Å². The van der Waals surface area contributed by atoms with E-state index in [2.05, 4.69) is 14.8 Å². The summed E-state index contributed by atoms with van der Waals surface area (Å²) in [5.41, 5.74) is 8.19. The Labute approximate surface area is 173 Å². The van der Waals surface area contributed by atoms with Gasteiger partial charge < -0.3 is 4.74 Å². The standard InChI is InChI=1S/C23H45N3O2/c1-28-23(27)21-19-17-15-13-11-9-7-5-3-2-4-6-8-10-12-14-16-18-20-22-25-26-24/h2-22H2,1H3. The molecule has 28 heavy (non-hydrogen) atoms. The van der Waals surface area contributed by atoms with E-state index in [1.54, 1.807) is 0 Å². The Hall–Kier alpha value is -1.22. The van der Waals surface area contributed by atoms with Gasteiger partial charge in [0.2, 0.25) is 0 Å². The van der Waals surface area contributed by atoms with Crippen molar-refractivity contribution in [2.45, 2.75) is 128 Å². The van der Waals surface area contributed by atoms with E-state index in [9.17, 15) is 4.79 Å². The lowest BCUT2D eigenvalue weighted by Crippen LogP contribution is -1.99. The molecule has 0 radical (unpaired) electrons. The Kier molecular flexibility index (Phi) is 22.8. The monoisotopic (exact) mass is 395 g/mol. The maximum atomic E-state index is 11.0. The van der Waals surface area contributed by atoms with Crippen molar-refractivity contribution < 1.29 is 9.53 Å². The highest BCUT2D eigenvalue weighted by Gasteiger charge is 1.99. The van der Waals surface area contributed by atoms with Gasteiger partial charge in [-0.2, -0.15) is 0 Å². The number of methoxy groups -OCH3 is 1. The normalized spacial score (nSPS) is 10.6. The number of carbonyl (C=O) groups is 1. The fraction of sp³-hybridized carbons (Fsp3) is 0.957. The minimum Gasteiger partial charge on any atom is -0.469 e. The summed E-state index contributed by atoms with van der Waals surface area (Å²) < 4.78 is 4.65. The molecule has 0 fully saturated rings. The van der Waals surface area contributed by atoms with E-state index in [1.807, 2.05) is 0 Å². The molecule has 0 aliphatic rings. The van der Waals surface area contributed by atoms with Crippen LogP contribution in [0.15, 0.2) is 5.11 Å². The minimum absolute atomic E-state index is 0.0737. The highest BCUT2D eigenvalue weighted by atomic mass is 16.5. The van der Waals surface area contributed by atoms with Gasteiger partial charge in [0.15, 0.2) is 0 Å². The van der Waals surface area contributed by atoms with Crippen LogP contribution in [0.5, 0.6) is 0 Å². The minimum atomic E-state index is -0.0737. The van der Waals surface area contributed by atoms with E-state index >= 15 is 0 Å². The zero-order valence-electron chi connectivity index (χ0n) is 18.5. The molecule has 0 saturated heterocycles. The van der Waals surface area contributed by atoms with Crippen molar-refractivity contribution >= 4 is 5.97 Å². The van der Waals surface area contributed by atoms with Crippen molar-refractivity contribution in [3.05, 3.63) is 10.4 Å². The molecule has 0 N–H and O–H groups in total. The summed E-state index contributed by atoms with van der Waals surface area (Å²) in [7, 11) is 1.46. The molecule has 5 heteroatoms. The predicted octanol–water partition coefficient (Wildman–Crippen LogP) is 8.27. The van der Waals surface area contributed by atoms with Crippen molar-refractivity contribution in [3.63, 3.8) is 0 Å². The lowest BCUT2D eigenvalue weighted by Gasteiger charge is -2.04. The summed E-state index contributed by atoms with van der Waals surface area (Å²) in [6.07, 6.45) is 25.5. The van der Waals surface area contributed by atoms with Gasteiger partial charge in [-0.1, -0.05) is 114 Å². The van der Waals surface area contributed by atoms with Gasteiger partial charge in [0, 0.05) is 17.9 Å². The van der Waals surface area contributed by atoms with Crippen molar-refractivity contribution in [1.82, 2.24) is 0 Å². The van der Waals surface area contributed by atoms with Crippen LogP contribution in [0, 0.1) is 0 Å². The maximum absolute atomic E-state index is 11.0. The van der Waals surface area contributed by atoms with Crippen LogP contribution >= 0.6 is 0 Å². The molecule has 0 aliphatic heterocycles. The first-order chi connectivity index (χ1) is 13.8. The van der Waals surface area contributed by atoms with Crippen LogP contribution in [-0.2, 0) is 9.53 Å². The van der Waals surface area contributed by atoms with Crippen molar-refractivity contribution in [2.24, 2.45) is 5.11 Å².